The second-order valence-corrected chi connectivity index (χ2v) is 8.40. The Bertz CT molecular complexity index is 694. The van der Waals surface area contributed by atoms with Crippen LogP contribution >= 0.6 is 0 Å². The number of hydrogen-bond acceptors (Lipinski definition) is 7. The first-order valence-corrected chi connectivity index (χ1v) is 10.8. The molecule has 0 N–H and O–H groups in total. The van der Waals surface area contributed by atoms with Gasteiger partial charge in [0.05, 0.1) is 29.9 Å². The Morgan fingerprint density at radius 1 is 1.03 bits per heavy atom. The second kappa shape index (κ2) is 9.28. The number of ether oxygens (including phenoxy) is 2. The van der Waals surface area contributed by atoms with E-state index in [4.69, 9.17) is 9.47 Å². The van der Waals surface area contributed by atoms with Crippen molar-refractivity contribution in [2.24, 2.45) is 0 Å². The van der Waals surface area contributed by atoms with Gasteiger partial charge in [-0.15, -0.1) is 0 Å². The summed E-state index contributed by atoms with van der Waals surface area (Å²) in [6.45, 7) is 7.87. The Hall–Kier alpha value is -1.90. The van der Waals surface area contributed by atoms with Crippen LogP contribution in [0.2, 0.25) is 0 Å². The molecule has 1 aromatic carbocycles. The number of nitrogens with zero attached hydrogens (tertiary/aromatic N) is 4. The lowest BCUT2D eigenvalue weighted by Gasteiger charge is -2.42. The fourth-order valence-corrected chi connectivity index (χ4v) is 4.60. The van der Waals surface area contributed by atoms with E-state index >= 15 is 0 Å². The molecule has 1 aromatic rings. The predicted molar refractivity (Wildman–Crippen MR) is 112 cm³/mol. The number of non-ortho nitro benzene ring substituents is 1. The van der Waals surface area contributed by atoms with Crippen molar-refractivity contribution in [3.05, 3.63) is 28.3 Å². The van der Waals surface area contributed by atoms with E-state index in [9.17, 15) is 10.1 Å². The molecule has 3 saturated heterocycles. The van der Waals surface area contributed by atoms with Gasteiger partial charge in [0.2, 0.25) is 0 Å². The zero-order valence-electron chi connectivity index (χ0n) is 17.3. The summed E-state index contributed by atoms with van der Waals surface area (Å²) in [4.78, 5) is 18.3. The molecule has 4 rings (SSSR count). The van der Waals surface area contributed by atoms with Gasteiger partial charge >= 0.3 is 0 Å². The highest BCUT2D eigenvalue weighted by Crippen LogP contribution is 2.36. The number of likely N-dealkylation sites (N-methyl/N-ethyl adjacent to an activating group) is 1. The van der Waals surface area contributed by atoms with Crippen molar-refractivity contribution in [3.63, 3.8) is 0 Å². The van der Waals surface area contributed by atoms with E-state index in [-0.39, 0.29) is 16.7 Å². The molecule has 3 aliphatic rings. The second-order valence-electron chi connectivity index (χ2n) is 8.40. The number of benzene rings is 1. The van der Waals surface area contributed by atoms with Crippen LogP contribution in [0.5, 0.6) is 5.75 Å². The van der Waals surface area contributed by atoms with Crippen LogP contribution in [0.1, 0.15) is 25.7 Å². The summed E-state index contributed by atoms with van der Waals surface area (Å²) in [5, 5.41) is 11.3. The molecule has 8 heteroatoms. The molecule has 3 fully saturated rings. The maximum atomic E-state index is 11.3. The Labute approximate surface area is 172 Å². The molecule has 0 aliphatic carbocycles. The van der Waals surface area contributed by atoms with Gasteiger partial charge in [0, 0.05) is 64.2 Å². The minimum atomic E-state index is -0.347. The minimum Gasteiger partial charge on any atom is -0.488 e. The summed E-state index contributed by atoms with van der Waals surface area (Å²) in [6.07, 6.45) is 3.96. The largest absolute Gasteiger partial charge is 0.488 e. The van der Waals surface area contributed by atoms with E-state index in [0.717, 1.165) is 70.6 Å². The summed E-state index contributed by atoms with van der Waals surface area (Å²) in [5.74, 6) is 0.643. The van der Waals surface area contributed by atoms with E-state index < -0.39 is 0 Å². The predicted octanol–water partition coefficient (Wildman–Crippen LogP) is 2.37. The van der Waals surface area contributed by atoms with Gasteiger partial charge < -0.3 is 19.3 Å². The third-order valence-electron chi connectivity index (χ3n) is 6.48. The van der Waals surface area contributed by atoms with Crippen molar-refractivity contribution in [1.82, 2.24) is 9.80 Å². The van der Waals surface area contributed by atoms with Crippen LogP contribution in [0.15, 0.2) is 18.2 Å². The Kier molecular flexibility index (Phi) is 6.52. The van der Waals surface area contributed by atoms with E-state index in [1.165, 1.54) is 0 Å². The highest BCUT2D eigenvalue weighted by Gasteiger charge is 2.29. The number of nitro groups is 1. The Balaban J connectivity index is 1.44. The fraction of sp³-hybridized carbons (Fsp3) is 0.714. The van der Waals surface area contributed by atoms with E-state index in [0.29, 0.717) is 25.0 Å². The van der Waals surface area contributed by atoms with Gasteiger partial charge in [-0.1, -0.05) is 0 Å². The first kappa shape index (κ1) is 20.4. The molecule has 8 nitrogen and oxygen atoms in total. The summed E-state index contributed by atoms with van der Waals surface area (Å²) in [6, 6.07) is 5.69. The molecule has 0 unspecified atom stereocenters. The lowest BCUT2D eigenvalue weighted by Crippen LogP contribution is -2.52. The maximum Gasteiger partial charge on any atom is 0.273 e. The van der Waals surface area contributed by atoms with Crippen LogP contribution in [-0.2, 0) is 4.74 Å². The molecule has 0 atom stereocenters. The zero-order valence-corrected chi connectivity index (χ0v) is 17.3. The molecular formula is C21H32N4O4. The van der Waals surface area contributed by atoms with Gasteiger partial charge in [-0.25, -0.2) is 0 Å². The van der Waals surface area contributed by atoms with Crippen LogP contribution in [-0.4, -0.2) is 86.4 Å². The van der Waals surface area contributed by atoms with Gasteiger partial charge in [0.1, 0.15) is 11.9 Å². The molecular weight excluding hydrogens is 372 g/mol. The molecule has 3 aliphatic heterocycles. The molecule has 0 amide bonds. The van der Waals surface area contributed by atoms with Crippen LogP contribution in [0.4, 0.5) is 11.4 Å². The molecule has 0 aromatic heterocycles. The SMILES string of the molecule is CN1CCN(C2CCN(c3ccc([N+](=O)[O-])cc3OC3CCOCC3)CC2)CC1. The number of rotatable bonds is 5. The van der Waals surface area contributed by atoms with Crippen LogP contribution in [0.25, 0.3) is 0 Å². The molecule has 0 bridgehead atoms. The van der Waals surface area contributed by atoms with Gasteiger partial charge in [0.25, 0.3) is 5.69 Å². The quantitative estimate of drug-likeness (QED) is 0.551. The van der Waals surface area contributed by atoms with Crippen molar-refractivity contribution in [1.29, 1.82) is 0 Å². The lowest BCUT2D eigenvalue weighted by atomic mass is 10.0. The summed E-state index contributed by atoms with van der Waals surface area (Å²) in [7, 11) is 2.19. The summed E-state index contributed by atoms with van der Waals surface area (Å²) < 4.78 is 11.7. The van der Waals surface area contributed by atoms with Crippen LogP contribution in [0, 0.1) is 10.1 Å². The topological polar surface area (TPSA) is 71.3 Å². The van der Waals surface area contributed by atoms with Crippen molar-refractivity contribution in [2.45, 2.75) is 37.8 Å². The van der Waals surface area contributed by atoms with E-state index in [1.807, 2.05) is 6.07 Å². The first-order valence-electron chi connectivity index (χ1n) is 10.8. The van der Waals surface area contributed by atoms with Crippen LogP contribution in [0.3, 0.4) is 0 Å². The molecule has 29 heavy (non-hydrogen) atoms. The zero-order chi connectivity index (χ0) is 20.2. The highest BCUT2D eigenvalue weighted by atomic mass is 16.6. The van der Waals surface area contributed by atoms with Crippen molar-refractivity contribution < 1.29 is 14.4 Å². The Morgan fingerprint density at radius 3 is 2.38 bits per heavy atom. The number of hydrogen-bond donors (Lipinski definition) is 0. The summed E-state index contributed by atoms with van der Waals surface area (Å²) >= 11 is 0. The molecule has 3 heterocycles. The average Bonchev–Trinajstić information content (AvgIpc) is 2.75. The standard InChI is InChI=1S/C21H32N4O4/c1-22-10-12-23(13-11-22)17-4-8-24(9-5-17)20-3-2-18(25(26)27)16-21(20)29-19-6-14-28-15-7-19/h2-3,16-17,19H,4-15H2,1H3. The third-order valence-corrected chi connectivity index (χ3v) is 6.48. The molecule has 0 radical (unpaired) electrons. The Morgan fingerprint density at radius 2 is 1.72 bits per heavy atom. The van der Waals surface area contributed by atoms with Gasteiger partial charge in [-0.05, 0) is 26.0 Å². The van der Waals surface area contributed by atoms with Gasteiger partial charge in [-0.3, -0.25) is 15.0 Å². The lowest BCUT2D eigenvalue weighted by molar-refractivity contribution is -0.384. The molecule has 160 valence electrons. The van der Waals surface area contributed by atoms with Crippen molar-refractivity contribution in [3.8, 4) is 5.75 Å². The highest BCUT2D eigenvalue weighted by molar-refractivity contribution is 5.62. The fourth-order valence-electron chi connectivity index (χ4n) is 4.60. The van der Waals surface area contributed by atoms with Gasteiger partial charge in [0.15, 0.2) is 0 Å². The third kappa shape index (κ3) is 4.99. The maximum absolute atomic E-state index is 11.3. The van der Waals surface area contributed by atoms with Gasteiger partial charge in [-0.2, -0.15) is 0 Å². The first-order chi connectivity index (χ1) is 14.1. The number of piperazine rings is 1. The van der Waals surface area contributed by atoms with Crippen LogP contribution < -0.4 is 9.64 Å². The average molecular weight is 405 g/mol. The van der Waals surface area contributed by atoms with Crippen molar-refractivity contribution in [2.75, 3.05) is 64.4 Å². The van der Waals surface area contributed by atoms with Crippen molar-refractivity contribution >= 4 is 11.4 Å². The molecule has 0 saturated carbocycles. The number of piperidine rings is 1. The minimum absolute atomic E-state index is 0.0624. The van der Waals surface area contributed by atoms with E-state index in [1.54, 1.807) is 12.1 Å². The molecule has 0 spiro atoms. The summed E-state index contributed by atoms with van der Waals surface area (Å²) in [5.41, 5.74) is 1.07. The van der Waals surface area contributed by atoms with E-state index in [2.05, 4.69) is 21.7 Å². The smallest absolute Gasteiger partial charge is 0.273 e. The monoisotopic (exact) mass is 404 g/mol. The normalized spacial score (nSPS) is 23.3. The number of nitro benzene ring substituents is 1. The number of anilines is 1.